The molecule has 3 aromatic rings. The Bertz CT molecular complexity index is 1220. The minimum atomic E-state index is -0.330. The number of hydrogen-bond donors (Lipinski definition) is 0. The van der Waals surface area contributed by atoms with Crippen LogP contribution in [0.2, 0.25) is 0 Å². The lowest BCUT2D eigenvalue weighted by atomic mass is 10.0. The molecule has 0 radical (unpaired) electrons. The van der Waals surface area contributed by atoms with Crippen LogP contribution < -0.4 is 14.5 Å². The molecule has 1 aromatic carbocycles. The Morgan fingerprint density at radius 2 is 1.70 bits per heavy atom. The van der Waals surface area contributed by atoms with Crippen LogP contribution in [0.1, 0.15) is 36.6 Å². The number of piperazine rings is 1. The van der Waals surface area contributed by atoms with Gasteiger partial charge in [0.25, 0.3) is 0 Å². The lowest BCUT2D eigenvalue weighted by Gasteiger charge is -2.36. The van der Waals surface area contributed by atoms with E-state index < -0.39 is 0 Å². The largest absolute Gasteiger partial charge is 0.484 e. The Labute approximate surface area is 191 Å². The zero-order valence-electron chi connectivity index (χ0n) is 18.4. The van der Waals surface area contributed by atoms with Crippen LogP contribution in [-0.4, -0.2) is 57.4 Å². The van der Waals surface area contributed by atoms with Crippen molar-refractivity contribution in [3.63, 3.8) is 0 Å². The number of benzene rings is 1. The van der Waals surface area contributed by atoms with E-state index in [0.29, 0.717) is 12.3 Å². The van der Waals surface area contributed by atoms with Gasteiger partial charge in [-0.2, -0.15) is 0 Å². The molecule has 0 unspecified atom stereocenters. The van der Waals surface area contributed by atoms with E-state index in [1.165, 1.54) is 0 Å². The summed E-state index contributed by atoms with van der Waals surface area (Å²) in [7, 11) is 0. The smallest absolute Gasteiger partial charge is 0.165 e. The molecule has 33 heavy (non-hydrogen) atoms. The van der Waals surface area contributed by atoms with Crippen LogP contribution in [0.25, 0.3) is 0 Å². The number of anilines is 2. The highest BCUT2D eigenvalue weighted by Crippen LogP contribution is 2.41. The number of aliphatic imine (C=N–C) groups is 1. The van der Waals surface area contributed by atoms with E-state index in [0.717, 1.165) is 73.2 Å². The van der Waals surface area contributed by atoms with Gasteiger partial charge < -0.3 is 14.5 Å². The molecular formula is C24H24FN7O. The number of fused-ring (bicyclic) bond motifs is 1. The van der Waals surface area contributed by atoms with Gasteiger partial charge in [-0.3, -0.25) is 4.99 Å². The molecule has 2 aromatic heterocycles. The highest BCUT2D eigenvalue weighted by molar-refractivity contribution is 6.14. The van der Waals surface area contributed by atoms with Crippen LogP contribution in [0.15, 0.2) is 48.1 Å². The molecule has 1 saturated heterocycles. The molecule has 4 heterocycles. The summed E-state index contributed by atoms with van der Waals surface area (Å²) in [4.78, 5) is 26.5. The van der Waals surface area contributed by atoms with E-state index in [1.807, 2.05) is 19.1 Å². The SMILES string of the molecule is CC1(Oc2cc3c(cc2F)CN=C3c2cc(N3CCN(c4ccncn4)CC3)ncn2)CC1. The molecule has 6 rings (SSSR count). The fourth-order valence-corrected chi connectivity index (χ4v) is 4.32. The predicted molar refractivity (Wildman–Crippen MR) is 123 cm³/mol. The maximum absolute atomic E-state index is 14.6. The summed E-state index contributed by atoms with van der Waals surface area (Å²) in [6, 6.07) is 7.22. The summed E-state index contributed by atoms with van der Waals surface area (Å²) in [5.74, 6) is 1.76. The molecule has 2 aliphatic heterocycles. The minimum Gasteiger partial charge on any atom is -0.484 e. The third-order valence-corrected chi connectivity index (χ3v) is 6.52. The fourth-order valence-electron chi connectivity index (χ4n) is 4.32. The first kappa shape index (κ1) is 20.0. The summed E-state index contributed by atoms with van der Waals surface area (Å²) in [5, 5.41) is 0. The second-order valence-corrected chi connectivity index (χ2v) is 8.96. The van der Waals surface area contributed by atoms with E-state index in [-0.39, 0.29) is 11.4 Å². The van der Waals surface area contributed by atoms with Crippen LogP contribution in [-0.2, 0) is 6.54 Å². The van der Waals surface area contributed by atoms with Gasteiger partial charge in [-0.15, -0.1) is 0 Å². The Morgan fingerprint density at radius 1 is 0.939 bits per heavy atom. The molecule has 0 amide bonds. The predicted octanol–water partition coefficient (Wildman–Crippen LogP) is 3.01. The summed E-state index contributed by atoms with van der Waals surface area (Å²) in [5.41, 5.74) is 3.00. The van der Waals surface area contributed by atoms with E-state index >= 15 is 0 Å². The van der Waals surface area contributed by atoms with Crippen LogP contribution >= 0.6 is 0 Å². The average Bonchev–Trinajstić information content (AvgIpc) is 3.44. The molecule has 1 aliphatic carbocycles. The zero-order valence-corrected chi connectivity index (χ0v) is 18.4. The second kappa shape index (κ2) is 7.75. The van der Waals surface area contributed by atoms with Crippen molar-refractivity contribution in [2.45, 2.75) is 31.9 Å². The summed E-state index contributed by atoms with van der Waals surface area (Å²) in [6.45, 7) is 5.79. The maximum Gasteiger partial charge on any atom is 0.165 e. The molecule has 0 bridgehead atoms. The molecule has 8 nitrogen and oxygen atoms in total. The van der Waals surface area contributed by atoms with Gasteiger partial charge >= 0.3 is 0 Å². The quantitative estimate of drug-likeness (QED) is 0.597. The lowest BCUT2D eigenvalue weighted by Crippen LogP contribution is -2.47. The Kier molecular flexibility index (Phi) is 4.70. The van der Waals surface area contributed by atoms with Gasteiger partial charge in [0.2, 0.25) is 0 Å². The van der Waals surface area contributed by atoms with Crippen LogP contribution in [0, 0.1) is 5.82 Å². The van der Waals surface area contributed by atoms with Gasteiger partial charge in [0.15, 0.2) is 11.6 Å². The first-order chi connectivity index (χ1) is 16.1. The third-order valence-electron chi connectivity index (χ3n) is 6.52. The average molecular weight is 446 g/mol. The Hall–Kier alpha value is -3.62. The number of rotatable bonds is 5. The molecule has 0 N–H and O–H groups in total. The third kappa shape index (κ3) is 3.88. The van der Waals surface area contributed by atoms with Gasteiger partial charge in [0.05, 0.1) is 18.0 Å². The van der Waals surface area contributed by atoms with Gasteiger partial charge in [-0.1, -0.05) is 0 Å². The molecule has 2 fully saturated rings. The van der Waals surface area contributed by atoms with Crippen molar-refractivity contribution in [3.05, 3.63) is 65.8 Å². The summed E-state index contributed by atoms with van der Waals surface area (Å²) >= 11 is 0. The van der Waals surface area contributed by atoms with Crippen molar-refractivity contribution in [3.8, 4) is 5.75 Å². The molecule has 0 atom stereocenters. The Morgan fingerprint density at radius 3 is 2.42 bits per heavy atom. The van der Waals surface area contributed by atoms with Crippen molar-refractivity contribution in [1.29, 1.82) is 0 Å². The first-order valence-electron chi connectivity index (χ1n) is 11.2. The van der Waals surface area contributed by atoms with Crippen molar-refractivity contribution < 1.29 is 9.13 Å². The van der Waals surface area contributed by atoms with Gasteiger partial charge in [-0.05, 0) is 43.5 Å². The monoisotopic (exact) mass is 445 g/mol. The van der Waals surface area contributed by atoms with Crippen molar-refractivity contribution in [1.82, 2.24) is 19.9 Å². The zero-order chi connectivity index (χ0) is 22.4. The van der Waals surface area contributed by atoms with Crippen LogP contribution in [0.3, 0.4) is 0 Å². The van der Waals surface area contributed by atoms with Gasteiger partial charge in [0, 0.05) is 44.0 Å². The minimum absolute atomic E-state index is 0.249. The second-order valence-electron chi connectivity index (χ2n) is 8.96. The van der Waals surface area contributed by atoms with Crippen molar-refractivity contribution >= 4 is 17.3 Å². The highest BCUT2D eigenvalue weighted by atomic mass is 19.1. The van der Waals surface area contributed by atoms with Gasteiger partial charge in [-0.25, -0.2) is 24.3 Å². The number of ether oxygens (including phenoxy) is 1. The van der Waals surface area contributed by atoms with Crippen molar-refractivity contribution in [2.75, 3.05) is 36.0 Å². The van der Waals surface area contributed by atoms with E-state index in [4.69, 9.17) is 4.74 Å². The van der Waals surface area contributed by atoms with Crippen molar-refractivity contribution in [2.24, 2.45) is 4.99 Å². The molecule has 168 valence electrons. The number of hydrogen-bond acceptors (Lipinski definition) is 8. The molecule has 9 heteroatoms. The fraction of sp³-hybridized carbons (Fsp3) is 0.375. The number of aromatic nitrogens is 4. The standard InChI is InChI=1S/C24H24FN7O/c1-24(3-4-24)33-20-11-17-16(10-18(20)25)13-27-23(17)19-12-22(30-15-28-19)32-8-6-31(7-9-32)21-2-5-26-14-29-21/h2,5,10-12,14-15H,3-4,6-9,13H2,1H3. The van der Waals surface area contributed by atoms with E-state index in [1.54, 1.807) is 31.0 Å². The maximum atomic E-state index is 14.6. The number of nitrogens with zero attached hydrogens (tertiary/aromatic N) is 7. The highest BCUT2D eigenvalue weighted by Gasteiger charge is 2.41. The summed E-state index contributed by atoms with van der Waals surface area (Å²) in [6.07, 6.45) is 6.81. The molecule has 1 saturated carbocycles. The molecule has 0 spiro atoms. The molecule has 3 aliphatic rings. The first-order valence-corrected chi connectivity index (χ1v) is 11.2. The Balaban J connectivity index is 1.22. The number of halogens is 1. The normalized spacial score (nSPS) is 18.7. The van der Waals surface area contributed by atoms with Crippen LogP contribution in [0.5, 0.6) is 5.75 Å². The van der Waals surface area contributed by atoms with Gasteiger partial charge in [0.1, 0.15) is 29.9 Å². The summed E-state index contributed by atoms with van der Waals surface area (Å²) < 4.78 is 20.5. The lowest BCUT2D eigenvalue weighted by molar-refractivity contribution is 0.191. The van der Waals surface area contributed by atoms with E-state index in [2.05, 4.69) is 34.7 Å². The molecular weight excluding hydrogens is 421 g/mol. The van der Waals surface area contributed by atoms with E-state index in [9.17, 15) is 4.39 Å². The van der Waals surface area contributed by atoms with Crippen LogP contribution in [0.4, 0.5) is 16.0 Å². The topological polar surface area (TPSA) is 79.6 Å².